The summed E-state index contributed by atoms with van der Waals surface area (Å²) >= 11 is 0. The van der Waals surface area contributed by atoms with Crippen molar-refractivity contribution in [2.75, 3.05) is 13.2 Å². The lowest BCUT2D eigenvalue weighted by molar-refractivity contribution is -0.145. The SMILES string of the molecule is C=N/C(=N\OCCNC(=O)N[C@@H](CC(=O)O)C(=O)O)C(N)CC=O. The number of carbonyl (C=O) groups is 4. The predicted octanol–water partition coefficient (Wildman–Crippen LogP) is -1.84. The molecular weight excluding hydrogens is 326 g/mol. The number of hydrogen-bond acceptors (Lipinski definition) is 7. The van der Waals surface area contributed by atoms with E-state index >= 15 is 0 Å². The van der Waals surface area contributed by atoms with Gasteiger partial charge in [-0.05, 0) is 6.72 Å². The molecule has 0 radical (unpaired) electrons. The first kappa shape index (κ1) is 21.0. The van der Waals surface area contributed by atoms with Gasteiger partial charge in [-0.1, -0.05) is 5.16 Å². The highest BCUT2D eigenvalue weighted by atomic mass is 16.6. The Labute approximate surface area is 136 Å². The number of carbonyl (C=O) groups excluding carboxylic acids is 2. The molecule has 24 heavy (non-hydrogen) atoms. The van der Waals surface area contributed by atoms with Crippen molar-refractivity contribution in [3.63, 3.8) is 0 Å². The molecule has 2 amide bonds. The van der Waals surface area contributed by atoms with Crippen LogP contribution in [0.2, 0.25) is 0 Å². The lowest BCUT2D eigenvalue weighted by Gasteiger charge is -2.13. The van der Waals surface area contributed by atoms with Gasteiger partial charge in [-0.15, -0.1) is 0 Å². The summed E-state index contributed by atoms with van der Waals surface area (Å²) in [6.07, 6.45) is -0.179. The minimum atomic E-state index is -1.56. The third-order valence-electron chi connectivity index (χ3n) is 2.46. The number of amides is 2. The van der Waals surface area contributed by atoms with E-state index in [0.717, 1.165) is 0 Å². The van der Waals surface area contributed by atoms with Crippen LogP contribution in [0.15, 0.2) is 10.1 Å². The molecule has 0 fully saturated rings. The highest BCUT2D eigenvalue weighted by Crippen LogP contribution is 1.94. The number of urea groups is 1. The number of oxime groups is 1. The van der Waals surface area contributed by atoms with Crippen molar-refractivity contribution in [1.82, 2.24) is 10.6 Å². The van der Waals surface area contributed by atoms with Crippen LogP contribution in [-0.2, 0) is 19.2 Å². The molecule has 2 atom stereocenters. The number of aldehydes is 1. The Bertz CT molecular complexity index is 508. The molecule has 0 aliphatic rings. The maximum atomic E-state index is 11.4. The third kappa shape index (κ3) is 9.09. The fourth-order valence-electron chi connectivity index (χ4n) is 1.33. The van der Waals surface area contributed by atoms with E-state index in [1.807, 2.05) is 5.32 Å². The second-order valence-electron chi connectivity index (χ2n) is 4.34. The molecule has 0 aromatic carbocycles. The molecule has 0 aromatic rings. The van der Waals surface area contributed by atoms with Crippen LogP contribution in [0.3, 0.4) is 0 Å². The number of aliphatic carboxylic acids is 2. The number of carboxylic acid groups (broad SMARTS) is 2. The van der Waals surface area contributed by atoms with Gasteiger partial charge in [-0.3, -0.25) is 4.79 Å². The Morgan fingerprint density at radius 3 is 2.50 bits per heavy atom. The molecule has 0 aliphatic carbocycles. The fraction of sp³-hybridized carbons (Fsp3) is 0.500. The van der Waals surface area contributed by atoms with E-state index in [9.17, 15) is 19.2 Å². The summed E-state index contributed by atoms with van der Waals surface area (Å²) in [5.74, 6) is -2.82. The first-order valence-corrected chi connectivity index (χ1v) is 6.66. The number of carboxylic acids is 2. The van der Waals surface area contributed by atoms with Gasteiger partial charge < -0.3 is 36.2 Å². The van der Waals surface area contributed by atoms with Crippen molar-refractivity contribution in [3.05, 3.63) is 0 Å². The fourth-order valence-corrected chi connectivity index (χ4v) is 1.33. The minimum absolute atomic E-state index is 0.0119. The molecule has 134 valence electrons. The zero-order chi connectivity index (χ0) is 18.5. The molecule has 0 bridgehead atoms. The summed E-state index contributed by atoms with van der Waals surface area (Å²) in [7, 11) is 0. The first-order valence-electron chi connectivity index (χ1n) is 6.66. The van der Waals surface area contributed by atoms with Crippen LogP contribution in [0.5, 0.6) is 0 Å². The van der Waals surface area contributed by atoms with Gasteiger partial charge in [-0.2, -0.15) is 0 Å². The average Bonchev–Trinajstić information content (AvgIpc) is 2.49. The van der Waals surface area contributed by atoms with Crippen LogP contribution in [0.4, 0.5) is 4.79 Å². The van der Waals surface area contributed by atoms with Gasteiger partial charge in [-0.25, -0.2) is 14.6 Å². The normalized spacial score (nSPS) is 13.3. The number of nitrogens with zero attached hydrogens (tertiary/aromatic N) is 2. The summed E-state index contributed by atoms with van der Waals surface area (Å²) in [5.41, 5.74) is 5.57. The molecule has 1 unspecified atom stereocenters. The number of nitrogens with two attached hydrogens (primary N) is 1. The minimum Gasteiger partial charge on any atom is -0.481 e. The van der Waals surface area contributed by atoms with Crippen LogP contribution in [0.1, 0.15) is 12.8 Å². The zero-order valence-corrected chi connectivity index (χ0v) is 12.7. The number of hydrogen-bond donors (Lipinski definition) is 5. The summed E-state index contributed by atoms with van der Waals surface area (Å²) in [4.78, 5) is 51.3. The van der Waals surface area contributed by atoms with Gasteiger partial charge in [0.2, 0.25) is 0 Å². The van der Waals surface area contributed by atoms with Crippen LogP contribution in [0, 0.1) is 0 Å². The Hall–Kier alpha value is -3.02. The monoisotopic (exact) mass is 345 g/mol. The van der Waals surface area contributed by atoms with E-state index in [1.165, 1.54) is 0 Å². The van der Waals surface area contributed by atoms with Crippen molar-refractivity contribution in [2.24, 2.45) is 15.9 Å². The average molecular weight is 345 g/mol. The van der Waals surface area contributed by atoms with Crippen LogP contribution < -0.4 is 16.4 Å². The highest BCUT2D eigenvalue weighted by Gasteiger charge is 2.22. The van der Waals surface area contributed by atoms with Gasteiger partial charge in [0, 0.05) is 6.42 Å². The van der Waals surface area contributed by atoms with E-state index in [0.29, 0.717) is 6.29 Å². The quantitative estimate of drug-likeness (QED) is 0.0947. The maximum Gasteiger partial charge on any atom is 0.326 e. The Morgan fingerprint density at radius 1 is 1.33 bits per heavy atom. The smallest absolute Gasteiger partial charge is 0.326 e. The molecule has 12 heteroatoms. The number of nitrogens with one attached hydrogen (secondary N) is 2. The largest absolute Gasteiger partial charge is 0.481 e. The van der Waals surface area contributed by atoms with Crippen molar-refractivity contribution in [3.8, 4) is 0 Å². The second kappa shape index (κ2) is 11.5. The van der Waals surface area contributed by atoms with Crippen LogP contribution >= 0.6 is 0 Å². The lowest BCUT2D eigenvalue weighted by atomic mass is 10.2. The molecule has 6 N–H and O–H groups in total. The van der Waals surface area contributed by atoms with Crippen molar-refractivity contribution < 1.29 is 34.2 Å². The summed E-state index contributed by atoms with van der Waals surface area (Å²) in [6.45, 7) is 3.07. The summed E-state index contributed by atoms with van der Waals surface area (Å²) < 4.78 is 0. The third-order valence-corrected chi connectivity index (χ3v) is 2.46. The molecule has 0 saturated carbocycles. The van der Waals surface area contributed by atoms with Crippen molar-refractivity contribution in [1.29, 1.82) is 0 Å². The number of rotatable bonds is 11. The lowest BCUT2D eigenvalue weighted by Crippen LogP contribution is -2.47. The predicted molar refractivity (Wildman–Crippen MR) is 81.8 cm³/mol. The molecule has 0 heterocycles. The number of amidine groups is 1. The molecule has 0 aliphatic heterocycles. The van der Waals surface area contributed by atoms with Crippen molar-refractivity contribution >= 4 is 36.8 Å². The standard InChI is InChI=1S/C12H19N5O7/c1-14-10(7(13)2-4-18)17-24-5-3-15-12(23)16-8(11(21)22)6-9(19)20/h4,7-8H,1-3,5-6,13H2,(H,19,20)(H,21,22)(H2,15,16,23)/b17-10-/t7?,8-/m0/s1. The molecule has 0 spiro atoms. The molecular formula is C12H19N5O7. The Balaban J connectivity index is 4.20. The van der Waals surface area contributed by atoms with Crippen LogP contribution in [-0.4, -0.2) is 72.3 Å². The summed E-state index contributed by atoms with van der Waals surface area (Å²) in [5, 5.41) is 25.1. The van der Waals surface area contributed by atoms with E-state index in [4.69, 9.17) is 20.8 Å². The van der Waals surface area contributed by atoms with Gasteiger partial charge in [0.25, 0.3) is 0 Å². The maximum absolute atomic E-state index is 11.4. The van der Waals surface area contributed by atoms with E-state index in [2.05, 4.69) is 22.2 Å². The van der Waals surface area contributed by atoms with Gasteiger partial charge in [0.05, 0.1) is 19.0 Å². The number of aliphatic imine (C=N–C) groups is 1. The van der Waals surface area contributed by atoms with E-state index in [-0.39, 0.29) is 25.4 Å². The Kier molecular flexibility index (Phi) is 10.1. The molecule has 12 nitrogen and oxygen atoms in total. The van der Waals surface area contributed by atoms with Gasteiger partial charge in [0.1, 0.15) is 18.9 Å². The van der Waals surface area contributed by atoms with Gasteiger partial charge >= 0.3 is 18.0 Å². The highest BCUT2D eigenvalue weighted by molar-refractivity contribution is 5.91. The molecule has 0 saturated heterocycles. The zero-order valence-electron chi connectivity index (χ0n) is 12.7. The topological polar surface area (TPSA) is 193 Å². The van der Waals surface area contributed by atoms with E-state index < -0.39 is 36.5 Å². The van der Waals surface area contributed by atoms with E-state index in [1.54, 1.807) is 0 Å². The van der Waals surface area contributed by atoms with Crippen molar-refractivity contribution in [2.45, 2.75) is 24.9 Å². The Morgan fingerprint density at radius 2 is 2.00 bits per heavy atom. The first-order chi connectivity index (χ1) is 11.3. The van der Waals surface area contributed by atoms with Gasteiger partial charge in [0.15, 0.2) is 5.84 Å². The summed E-state index contributed by atoms with van der Waals surface area (Å²) in [6, 6.07) is -3.20. The molecule has 0 rings (SSSR count). The van der Waals surface area contributed by atoms with Crippen LogP contribution in [0.25, 0.3) is 0 Å². The molecule has 0 aromatic heterocycles. The second-order valence-corrected chi connectivity index (χ2v) is 4.34.